The van der Waals surface area contributed by atoms with E-state index < -0.39 is 34.6 Å². The number of sulfonamides is 1. The minimum atomic E-state index is -4.86. The van der Waals surface area contributed by atoms with Crippen molar-refractivity contribution in [2.24, 2.45) is 5.73 Å². The quantitative estimate of drug-likeness (QED) is 0.635. The molecule has 138 valence electrons. The van der Waals surface area contributed by atoms with Gasteiger partial charge in [-0.25, -0.2) is 13.1 Å². The fraction of sp³-hybridized carbons (Fsp3) is 0.417. The Bertz CT molecular complexity index is 638. The first-order valence-corrected chi connectivity index (χ1v) is 7.87. The molecule has 0 spiro atoms. The minimum absolute atomic E-state index is 0. The van der Waals surface area contributed by atoms with Crippen molar-refractivity contribution in [1.29, 1.82) is 0 Å². The third-order valence-electron chi connectivity index (χ3n) is 2.55. The Hall–Kier alpha value is -1.56. The Morgan fingerprint density at radius 2 is 1.83 bits per heavy atom. The van der Waals surface area contributed by atoms with Crippen LogP contribution in [0.15, 0.2) is 29.2 Å². The van der Waals surface area contributed by atoms with Gasteiger partial charge in [-0.3, -0.25) is 4.79 Å². The lowest BCUT2D eigenvalue weighted by molar-refractivity contribution is -0.274. The molecule has 0 unspecified atom stereocenters. The molecule has 0 aromatic heterocycles. The van der Waals surface area contributed by atoms with Crippen LogP contribution in [0.1, 0.15) is 6.92 Å². The van der Waals surface area contributed by atoms with E-state index in [0.29, 0.717) is 0 Å². The third kappa shape index (κ3) is 7.81. The van der Waals surface area contributed by atoms with Gasteiger partial charge in [0.2, 0.25) is 15.9 Å². The van der Waals surface area contributed by atoms with Crippen molar-refractivity contribution < 1.29 is 31.1 Å². The number of rotatable bonds is 7. The van der Waals surface area contributed by atoms with Gasteiger partial charge in [-0.2, -0.15) is 0 Å². The highest BCUT2D eigenvalue weighted by Gasteiger charge is 2.31. The molecule has 0 aliphatic heterocycles. The number of amides is 1. The van der Waals surface area contributed by atoms with Crippen LogP contribution in [0, 0.1) is 0 Å². The summed E-state index contributed by atoms with van der Waals surface area (Å²) in [4.78, 5) is 11.2. The summed E-state index contributed by atoms with van der Waals surface area (Å²) < 4.78 is 65.5. The van der Waals surface area contributed by atoms with Gasteiger partial charge in [-0.15, -0.1) is 25.6 Å². The molecule has 4 N–H and O–H groups in total. The Balaban J connectivity index is 0.00000529. The summed E-state index contributed by atoms with van der Waals surface area (Å²) in [5.74, 6) is -1.13. The zero-order valence-corrected chi connectivity index (χ0v) is 14.1. The average Bonchev–Trinajstić information content (AvgIpc) is 2.44. The van der Waals surface area contributed by atoms with E-state index in [-0.39, 0.29) is 29.9 Å². The molecule has 1 atom stereocenters. The number of hydrogen-bond donors (Lipinski definition) is 3. The monoisotopic (exact) mass is 391 g/mol. The lowest BCUT2D eigenvalue weighted by Crippen LogP contribution is -2.43. The van der Waals surface area contributed by atoms with Crippen molar-refractivity contribution in [1.82, 2.24) is 10.0 Å². The van der Waals surface area contributed by atoms with Gasteiger partial charge in [-0.05, 0) is 31.2 Å². The van der Waals surface area contributed by atoms with Crippen LogP contribution in [-0.4, -0.2) is 39.8 Å². The lowest BCUT2D eigenvalue weighted by Gasteiger charge is -2.12. The van der Waals surface area contributed by atoms with Crippen LogP contribution in [-0.2, 0) is 14.8 Å². The molecule has 1 aromatic rings. The molecule has 7 nitrogen and oxygen atoms in total. The lowest BCUT2D eigenvalue weighted by atomic mass is 10.3. The second kappa shape index (κ2) is 9.06. The molecule has 0 radical (unpaired) electrons. The molecule has 1 amide bonds. The Kier molecular flexibility index (Phi) is 8.47. The van der Waals surface area contributed by atoms with Crippen LogP contribution in [0.25, 0.3) is 0 Å². The molecule has 0 bridgehead atoms. The molecule has 0 heterocycles. The van der Waals surface area contributed by atoms with Crippen molar-refractivity contribution in [3.8, 4) is 5.75 Å². The van der Waals surface area contributed by atoms with Crippen molar-refractivity contribution in [2.75, 3.05) is 13.1 Å². The highest BCUT2D eigenvalue weighted by molar-refractivity contribution is 7.89. The van der Waals surface area contributed by atoms with Gasteiger partial charge in [0, 0.05) is 12.6 Å². The maximum absolute atomic E-state index is 12.0. The number of ether oxygens (including phenoxy) is 1. The number of carbonyl (C=O) groups is 1. The standard InChI is InChI=1S/C12H16F3N3O4S.ClH/c1-8(6-16)18-11(19)7-17-23(20,21)10-4-2-9(3-5-10)22-12(13,14)15;/h2-5,8,17H,6-7,16H2,1H3,(H,18,19);1H/t8-;/m0./s1. The maximum atomic E-state index is 12.0. The molecule has 0 fully saturated rings. The molecule has 12 heteroatoms. The Labute approximate surface area is 143 Å². The van der Waals surface area contributed by atoms with Gasteiger partial charge in [0.15, 0.2) is 0 Å². The molecular formula is C12H17ClF3N3O4S. The number of nitrogens with two attached hydrogens (primary N) is 1. The van der Waals surface area contributed by atoms with Gasteiger partial charge in [0.05, 0.1) is 11.4 Å². The number of carbonyl (C=O) groups excluding carboxylic acids is 1. The van der Waals surface area contributed by atoms with E-state index in [1.165, 1.54) is 0 Å². The molecule has 24 heavy (non-hydrogen) atoms. The first-order chi connectivity index (χ1) is 10.5. The van der Waals surface area contributed by atoms with Gasteiger partial charge in [-0.1, -0.05) is 0 Å². The van der Waals surface area contributed by atoms with E-state index in [4.69, 9.17) is 5.73 Å². The zero-order chi connectivity index (χ0) is 17.7. The molecule has 0 aliphatic rings. The summed E-state index contributed by atoms with van der Waals surface area (Å²) >= 11 is 0. The summed E-state index contributed by atoms with van der Waals surface area (Å²) in [6, 6.07) is 3.27. The number of alkyl halides is 3. The summed E-state index contributed by atoms with van der Waals surface area (Å²) in [6.45, 7) is 1.32. The highest BCUT2D eigenvalue weighted by atomic mass is 35.5. The Morgan fingerprint density at radius 1 is 1.29 bits per heavy atom. The minimum Gasteiger partial charge on any atom is -0.406 e. The highest BCUT2D eigenvalue weighted by Crippen LogP contribution is 2.23. The fourth-order valence-electron chi connectivity index (χ4n) is 1.45. The second-order valence-electron chi connectivity index (χ2n) is 4.55. The average molecular weight is 392 g/mol. The predicted molar refractivity (Wildman–Crippen MR) is 82.2 cm³/mol. The van der Waals surface area contributed by atoms with Crippen molar-refractivity contribution in [2.45, 2.75) is 24.2 Å². The van der Waals surface area contributed by atoms with E-state index in [9.17, 15) is 26.4 Å². The smallest absolute Gasteiger partial charge is 0.406 e. The summed E-state index contributed by atoms with van der Waals surface area (Å²) in [6.07, 6.45) is -4.86. The number of nitrogens with one attached hydrogen (secondary N) is 2. The molecule has 1 rings (SSSR count). The van der Waals surface area contributed by atoms with Crippen molar-refractivity contribution in [3.63, 3.8) is 0 Å². The number of benzene rings is 1. The summed E-state index contributed by atoms with van der Waals surface area (Å²) in [5.41, 5.74) is 5.31. The second-order valence-corrected chi connectivity index (χ2v) is 6.31. The first kappa shape index (κ1) is 22.4. The van der Waals surface area contributed by atoms with Gasteiger partial charge in [0.1, 0.15) is 5.75 Å². The molecular weight excluding hydrogens is 375 g/mol. The SMILES string of the molecule is C[C@@H](CN)NC(=O)CNS(=O)(=O)c1ccc(OC(F)(F)F)cc1.Cl. The third-order valence-corrected chi connectivity index (χ3v) is 3.97. The maximum Gasteiger partial charge on any atom is 0.573 e. The summed E-state index contributed by atoms with van der Waals surface area (Å²) in [5, 5.41) is 2.45. The zero-order valence-electron chi connectivity index (χ0n) is 12.5. The van der Waals surface area contributed by atoms with Crippen LogP contribution in [0.3, 0.4) is 0 Å². The van der Waals surface area contributed by atoms with E-state index in [0.717, 1.165) is 24.3 Å². The van der Waals surface area contributed by atoms with Gasteiger partial charge in [0.25, 0.3) is 0 Å². The Morgan fingerprint density at radius 3 is 2.29 bits per heavy atom. The number of halogens is 4. The van der Waals surface area contributed by atoms with E-state index in [1.54, 1.807) is 6.92 Å². The van der Waals surface area contributed by atoms with E-state index in [2.05, 4.69) is 10.1 Å². The topological polar surface area (TPSA) is 111 Å². The fourth-order valence-corrected chi connectivity index (χ4v) is 2.43. The predicted octanol–water partition coefficient (Wildman–Crippen LogP) is 0.749. The van der Waals surface area contributed by atoms with E-state index >= 15 is 0 Å². The molecule has 0 saturated carbocycles. The van der Waals surface area contributed by atoms with Crippen LogP contribution >= 0.6 is 12.4 Å². The molecule has 0 aliphatic carbocycles. The van der Waals surface area contributed by atoms with Crippen LogP contribution in [0.2, 0.25) is 0 Å². The molecule has 0 saturated heterocycles. The van der Waals surface area contributed by atoms with Crippen LogP contribution in [0.5, 0.6) is 5.75 Å². The van der Waals surface area contributed by atoms with Crippen molar-refractivity contribution in [3.05, 3.63) is 24.3 Å². The van der Waals surface area contributed by atoms with Gasteiger partial charge < -0.3 is 15.8 Å². The van der Waals surface area contributed by atoms with Crippen molar-refractivity contribution >= 4 is 28.3 Å². The first-order valence-electron chi connectivity index (χ1n) is 6.38. The number of hydrogen-bond acceptors (Lipinski definition) is 5. The van der Waals surface area contributed by atoms with Gasteiger partial charge >= 0.3 is 6.36 Å². The molecule has 1 aromatic carbocycles. The van der Waals surface area contributed by atoms with Crippen LogP contribution in [0.4, 0.5) is 13.2 Å². The summed E-state index contributed by atoms with van der Waals surface area (Å²) in [7, 11) is -4.04. The van der Waals surface area contributed by atoms with E-state index in [1.807, 2.05) is 4.72 Å². The van der Waals surface area contributed by atoms with Crippen LogP contribution < -0.4 is 20.5 Å². The normalized spacial score (nSPS) is 12.9. The largest absolute Gasteiger partial charge is 0.573 e.